The fourth-order valence-electron chi connectivity index (χ4n) is 6.50. The number of likely N-dealkylation sites (tertiary alicyclic amines) is 2. The van der Waals surface area contributed by atoms with Crippen LogP contribution in [0.4, 0.5) is 4.79 Å². The van der Waals surface area contributed by atoms with Crippen LogP contribution in [0, 0.1) is 5.41 Å². The van der Waals surface area contributed by atoms with Gasteiger partial charge in [-0.1, -0.05) is 51.1 Å². The van der Waals surface area contributed by atoms with Gasteiger partial charge in [-0.3, -0.25) is 4.79 Å². The highest BCUT2D eigenvalue weighted by Crippen LogP contribution is 2.43. The van der Waals surface area contributed by atoms with Crippen molar-refractivity contribution in [3.8, 4) is 0 Å². The summed E-state index contributed by atoms with van der Waals surface area (Å²) < 4.78 is 12.3. The molecule has 1 saturated carbocycles. The second-order valence-electron chi connectivity index (χ2n) is 10.9. The third kappa shape index (κ3) is 5.77. The number of ether oxygens (including phenoxy) is 1. The van der Waals surface area contributed by atoms with E-state index in [4.69, 9.17) is 9.16 Å². The molecule has 1 spiro atoms. The number of hydrogen-bond acceptors (Lipinski definition) is 4. The fraction of sp³-hybridized carbons (Fsp3) is 0.714. The van der Waals surface area contributed by atoms with Crippen LogP contribution in [0.15, 0.2) is 30.3 Å². The van der Waals surface area contributed by atoms with Crippen molar-refractivity contribution >= 4 is 20.3 Å². The molecule has 3 fully saturated rings. The van der Waals surface area contributed by atoms with E-state index in [0.717, 1.165) is 57.1 Å². The highest BCUT2D eigenvalue weighted by molar-refractivity contribution is 6.73. The number of piperidine rings is 1. The average molecular weight is 501 g/mol. The van der Waals surface area contributed by atoms with Gasteiger partial charge in [0.2, 0.25) is 5.91 Å². The Labute approximate surface area is 212 Å². The molecule has 35 heavy (non-hydrogen) atoms. The van der Waals surface area contributed by atoms with Crippen LogP contribution in [0.3, 0.4) is 0 Å². The van der Waals surface area contributed by atoms with Gasteiger partial charge in [0, 0.05) is 31.8 Å². The molecule has 194 valence electrons. The van der Waals surface area contributed by atoms with E-state index in [1.54, 1.807) is 4.90 Å². The van der Waals surface area contributed by atoms with Crippen LogP contribution in [0.5, 0.6) is 0 Å². The monoisotopic (exact) mass is 500 g/mol. The van der Waals surface area contributed by atoms with Crippen molar-refractivity contribution in [2.75, 3.05) is 19.6 Å². The van der Waals surface area contributed by atoms with Crippen LogP contribution in [0.1, 0.15) is 71.3 Å². The van der Waals surface area contributed by atoms with Gasteiger partial charge >= 0.3 is 6.09 Å². The zero-order valence-corrected chi connectivity index (χ0v) is 23.0. The number of carbonyl (C=O) groups excluding carboxylic acids is 2. The molecule has 7 heteroatoms. The summed E-state index contributed by atoms with van der Waals surface area (Å²) >= 11 is 0. The summed E-state index contributed by atoms with van der Waals surface area (Å²) in [6.45, 7) is 9.12. The van der Waals surface area contributed by atoms with Crippen molar-refractivity contribution in [2.45, 2.75) is 103 Å². The Morgan fingerprint density at radius 3 is 2.34 bits per heavy atom. The average Bonchev–Trinajstić information content (AvgIpc) is 3.21. The van der Waals surface area contributed by atoms with Gasteiger partial charge in [-0.25, -0.2) is 4.79 Å². The molecule has 1 atom stereocenters. The van der Waals surface area contributed by atoms with Crippen LogP contribution < -0.4 is 0 Å². The van der Waals surface area contributed by atoms with Crippen LogP contribution in [0.25, 0.3) is 0 Å². The lowest BCUT2D eigenvalue weighted by atomic mass is 9.78. The van der Waals surface area contributed by atoms with Gasteiger partial charge in [-0.15, -0.1) is 0 Å². The first-order chi connectivity index (χ1) is 16.9. The summed E-state index contributed by atoms with van der Waals surface area (Å²) in [5.41, 5.74) is 0.554. The molecule has 0 unspecified atom stereocenters. The van der Waals surface area contributed by atoms with Crippen LogP contribution in [0.2, 0.25) is 18.1 Å². The Balaban J connectivity index is 1.30. The van der Waals surface area contributed by atoms with Gasteiger partial charge < -0.3 is 19.0 Å². The predicted molar refractivity (Wildman–Crippen MR) is 141 cm³/mol. The highest BCUT2D eigenvalue weighted by Gasteiger charge is 2.51. The predicted octanol–water partition coefficient (Wildman–Crippen LogP) is 5.97. The van der Waals surface area contributed by atoms with Gasteiger partial charge in [0.1, 0.15) is 6.61 Å². The number of amides is 2. The molecule has 0 radical (unpaired) electrons. The van der Waals surface area contributed by atoms with E-state index in [2.05, 4.69) is 25.7 Å². The minimum absolute atomic E-state index is 0.266. The van der Waals surface area contributed by atoms with Crippen molar-refractivity contribution < 1.29 is 18.8 Å². The summed E-state index contributed by atoms with van der Waals surface area (Å²) in [5, 5.41) is 0. The van der Waals surface area contributed by atoms with Gasteiger partial charge in [-0.05, 0) is 68.6 Å². The van der Waals surface area contributed by atoms with Crippen molar-refractivity contribution in [3.63, 3.8) is 0 Å². The van der Waals surface area contributed by atoms with E-state index in [1.807, 2.05) is 30.3 Å². The number of benzene rings is 1. The molecule has 2 amide bonds. The first-order valence-electron chi connectivity index (χ1n) is 13.9. The summed E-state index contributed by atoms with van der Waals surface area (Å²) in [5.74, 6) is 0.266. The molecule has 4 rings (SSSR count). The van der Waals surface area contributed by atoms with E-state index in [9.17, 15) is 9.59 Å². The molecule has 1 aromatic rings. The lowest BCUT2D eigenvalue weighted by Crippen LogP contribution is -2.51. The van der Waals surface area contributed by atoms with Crippen LogP contribution in [-0.4, -0.2) is 61.9 Å². The molecule has 1 aliphatic carbocycles. The maximum Gasteiger partial charge on any atom is 0.410 e. The third-order valence-electron chi connectivity index (χ3n) is 9.02. The maximum atomic E-state index is 13.7. The maximum absolute atomic E-state index is 13.7. The Morgan fingerprint density at radius 1 is 1.00 bits per heavy atom. The standard InChI is InChI=1S/C28H44N2O4Si/c1-4-35(5-2,6-3)34-25-15-13-24(14-16-25)30-20-18-28(26(30)31)17-10-19-29(22-28)27(32)33-21-23-11-8-7-9-12-23/h7-9,11-12,24-25H,4-6,10,13-22H2,1-3H3/t24?,25?,28-/m0/s1. The molecule has 2 heterocycles. The molecular formula is C28H44N2O4Si. The lowest BCUT2D eigenvalue weighted by Gasteiger charge is -2.41. The minimum atomic E-state index is -1.58. The van der Waals surface area contributed by atoms with Crippen molar-refractivity contribution in [1.82, 2.24) is 9.80 Å². The largest absolute Gasteiger partial charge is 0.445 e. The Bertz CT molecular complexity index is 846. The number of hydrogen-bond donors (Lipinski definition) is 0. The second-order valence-corrected chi connectivity index (χ2v) is 15.6. The molecule has 0 aromatic heterocycles. The first kappa shape index (κ1) is 26.2. The summed E-state index contributed by atoms with van der Waals surface area (Å²) in [7, 11) is -1.58. The van der Waals surface area contributed by atoms with E-state index in [-0.39, 0.29) is 18.6 Å². The van der Waals surface area contributed by atoms with Gasteiger partial charge in [0.25, 0.3) is 0 Å². The molecule has 0 N–H and O–H groups in total. The molecule has 2 aliphatic heterocycles. The number of carbonyl (C=O) groups is 2. The second kappa shape index (κ2) is 11.5. The van der Waals surface area contributed by atoms with Crippen molar-refractivity contribution in [3.05, 3.63) is 35.9 Å². The highest BCUT2D eigenvalue weighted by atomic mass is 28.4. The van der Waals surface area contributed by atoms with Gasteiger partial charge in [-0.2, -0.15) is 0 Å². The number of nitrogens with zero attached hydrogens (tertiary/aromatic N) is 2. The SMILES string of the molecule is CC[Si](CC)(CC)OC1CCC(N2CC[C@]3(CCCN(C(=O)OCc4ccccc4)C3)C2=O)CC1. The third-order valence-corrected chi connectivity index (χ3v) is 13.7. The minimum Gasteiger partial charge on any atom is -0.445 e. The smallest absolute Gasteiger partial charge is 0.410 e. The molecule has 3 aliphatic rings. The molecule has 1 aromatic carbocycles. The summed E-state index contributed by atoms with van der Waals surface area (Å²) in [6, 6.07) is 13.7. The van der Waals surface area contributed by atoms with E-state index in [0.29, 0.717) is 25.2 Å². The summed E-state index contributed by atoms with van der Waals surface area (Å²) in [4.78, 5) is 30.4. The molecule has 6 nitrogen and oxygen atoms in total. The molecular weight excluding hydrogens is 456 g/mol. The molecule has 2 saturated heterocycles. The number of rotatable bonds is 8. The van der Waals surface area contributed by atoms with E-state index in [1.165, 1.54) is 18.1 Å². The lowest BCUT2D eigenvalue weighted by molar-refractivity contribution is -0.141. The Kier molecular flexibility index (Phi) is 8.58. The zero-order valence-electron chi connectivity index (χ0n) is 22.0. The normalized spacial score (nSPS) is 27.5. The Morgan fingerprint density at radius 2 is 1.69 bits per heavy atom. The summed E-state index contributed by atoms with van der Waals surface area (Å²) in [6.07, 6.45) is 6.86. The fourth-order valence-corrected chi connectivity index (χ4v) is 9.44. The van der Waals surface area contributed by atoms with Crippen molar-refractivity contribution in [2.24, 2.45) is 5.41 Å². The van der Waals surface area contributed by atoms with Crippen LogP contribution >= 0.6 is 0 Å². The topological polar surface area (TPSA) is 59.1 Å². The Hall–Kier alpha value is -1.86. The zero-order chi connectivity index (χ0) is 24.9. The van der Waals surface area contributed by atoms with Gasteiger partial charge in [0.05, 0.1) is 5.41 Å². The quantitative estimate of drug-likeness (QED) is 0.413. The molecule has 0 bridgehead atoms. The van der Waals surface area contributed by atoms with Gasteiger partial charge in [0.15, 0.2) is 8.32 Å². The first-order valence-corrected chi connectivity index (χ1v) is 16.4. The van der Waals surface area contributed by atoms with Crippen molar-refractivity contribution in [1.29, 1.82) is 0 Å². The van der Waals surface area contributed by atoms with E-state index < -0.39 is 13.7 Å². The van der Waals surface area contributed by atoms with Crippen LogP contribution in [-0.2, 0) is 20.6 Å². The van der Waals surface area contributed by atoms with E-state index >= 15 is 0 Å².